The van der Waals surface area contributed by atoms with E-state index in [4.69, 9.17) is 10.9 Å². The van der Waals surface area contributed by atoms with Crippen LogP contribution >= 0.6 is 0 Å². The van der Waals surface area contributed by atoms with Crippen LogP contribution in [0.4, 0.5) is 0 Å². The Bertz CT molecular complexity index is 376. The summed E-state index contributed by atoms with van der Waals surface area (Å²) in [5, 5.41) is 11.4. The molecule has 0 amide bonds. The first kappa shape index (κ1) is 15.2. The molecule has 0 bridgehead atoms. The fourth-order valence-corrected chi connectivity index (χ4v) is 3.06. The Morgan fingerprint density at radius 1 is 1.50 bits per heavy atom. The van der Waals surface area contributed by atoms with Gasteiger partial charge < -0.3 is 10.9 Å². The van der Waals surface area contributed by atoms with E-state index >= 15 is 0 Å². The van der Waals surface area contributed by atoms with Crippen molar-refractivity contribution in [3.63, 3.8) is 0 Å². The molecule has 0 aromatic carbocycles. The van der Waals surface area contributed by atoms with Crippen molar-refractivity contribution in [1.82, 2.24) is 14.3 Å². The zero-order chi connectivity index (χ0) is 13.6. The second-order valence-corrected chi connectivity index (χ2v) is 5.79. The van der Waals surface area contributed by atoms with Gasteiger partial charge in [0.25, 0.3) is 10.2 Å². The second-order valence-electron chi connectivity index (χ2n) is 4.26. The lowest BCUT2D eigenvalue weighted by atomic mass is 10.1. The minimum Gasteiger partial charge on any atom is -0.409 e. The zero-order valence-electron chi connectivity index (χ0n) is 10.5. The Balaban J connectivity index is 2.36. The summed E-state index contributed by atoms with van der Waals surface area (Å²) in [6.07, 6.45) is 1.42. The van der Waals surface area contributed by atoms with Crippen LogP contribution in [-0.4, -0.2) is 56.6 Å². The fraction of sp³-hybridized carbons (Fsp3) is 0.889. The number of hydrogen-bond acceptors (Lipinski definition) is 5. The van der Waals surface area contributed by atoms with Crippen LogP contribution in [0.15, 0.2) is 5.16 Å². The third kappa shape index (κ3) is 5.17. The van der Waals surface area contributed by atoms with E-state index in [1.807, 2.05) is 4.90 Å². The van der Waals surface area contributed by atoms with Crippen molar-refractivity contribution in [3.8, 4) is 0 Å². The molecule has 0 radical (unpaired) electrons. The van der Waals surface area contributed by atoms with Gasteiger partial charge in [-0.25, -0.2) is 4.72 Å². The normalized spacial score (nSPS) is 20.2. The number of piperidine rings is 1. The van der Waals surface area contributed by atoms with Gasteiger partial charge in [-0.2, -0.15) is 13.1 Å². The van der Waals surface area contributed by atoms with Gasteiger partial charge in [-0.3, -0.25) is 4.90 Å². The van der Waals surface area contributed by atoms with E-state index in [9.17, 15) is 8.42 Å². The lowest BCUT2D eigenvalue weighted by molar-refractivity contribution is 0.228. The van der Waals surface area contributed by atoms with Gasteiger partial charge in [0.15, 0.2) is 5.84 Å². The highest BCUT2D eigenvalue weighted by molar-refractivity contribution is 7.87. The van der Waals surface area contributed by atoms with Crippen LogP contribution in [0.25, 0.3) is 0 Å². The molecule has 1 heterocycles. The highest BCUT2D eigenvalue weighted by atomic mass is 32.2. The number of nitrogens with one attached hydrogen (secondary N) is 2. The van der Waals surface area contributed by atoms with Crippen LogP contribution in [0, 0.1) is 0 Å². The largest absolute Gasteiger partial charge is 0.409 e. The predicted molar refractivity (Wildman–Crippen MR) is 68.6 cm³/mol. The number of likely N-dealkylation sites (tertiary alicyclic amines) is 1. The molecular weight excluding hydrogens is 258 g/mol. The molecule has 1 aliphatic heterocycles. The lowest BCUT2D eigenvalue weighted by Gasteiger charge is -2.31. The number of nitrogens with zero attached hydrogens (tertiary/aromatic N) is 2. The zero-order valence-corrected chi connectivity index (χ0v) is 11.3. The summed E-state index contributed by atoms with van der Waals surface area (Å²) < 4.78 is 28.0. The summed E-state index contributed by atoms with van der Waals surface area (Å²) in [5.41, 5.74) is 5.42. The molecular formula is C9H21N5O3S. The molecule has 0 spiro atoms. The predicted octanol–water partition coefficient (Wildman–Crippen LogP) is -1.36. The topological polar surface area (TPSA) is 120 Å². The van der Waals surface area contributed by atoms with Crippen molar-refractivity contribution in [2.45, 2.75) is 25.8 Å². The van der Waals surface area contributed by atoms with Crippen molar-refractivity contribution >= 4 is 16.0 Å². The maximum Gasteiger partial charge on any atom is 0.277 e. The van der Waals surface area contributed by atoms with Crippen LogP contribution in [0.2, 0.25) is 0 Å². The molecule has 8 nitrogen and oxygen atoms in total. The SMILES string of the molecule is CCNS(=O)(=O)NC1CCN(CC(N)=NO)CC1. The number of amidine groups is 1. The maximum absolute atomic E-state index is 11.5. The van der Waals surface area contributed by atoms with Gasteiger partial charge >= 0.3 is 0 Å². The van der Waals surface area contributed by atoms with Crippen molar-refractivity contribution < 1.29 is 13.6 Å². The summed E-state index contributed by atoms with van der Waals surface area (Å²) in [7, 11) is -3.38. The Morgan fingerprint density at radius 3 is 2.61 bits per heavy atom. The van der Waals surface area contributed by atoms with Gasteiger partial charge in [-0.15, -0.1) is 0 Å². The maximum atomic E-state index is 11.5. The standard InChI is InChI=1S/C9H21N5O3S/c1-2-11-18(16,17)13-8-3-5-14(6-4-8)7-9(10)12-15/h8,11,13,15H,2-7H2,1H3,(H2,10,12). The summed E-state index contributed by atoms with van der Waals surface area (Å²) in [5.74, 6) is 0.168. The van der Waals surface area contributed by atoms with E-state index < -0.39 is 10.2 Å². The number of rotatable bonds is 6. The van der Waals surface area contributed by atoms with Crippen molar-refractivity contribution in [2.24, 2.45) is 10.9 Å². The minimum absolute atomic E-state index is 0.0578. The fourth-order valence-electron chi connectivity index (χ4n) is 1.92. The molecule has 1 fully saturated rings. The van der Waals surface area contributed by atoms with Gasteiger partial charge in [-0.05, 0) is 12.8 Å². The van der Waals surface area contributed by atoms with Crippen LogP contribution < -0.4 is 15.2 Å². The lowest BCUT2D eigenvalue weighted by Crippen LogP contribution is -2.49. The van der Waals surface area contributed by atoms with Crippen LogP contribution in [0.1, 0.15) is 19.8 Å². The highest BCUT2D eigenvalue weighted by Crippen LogP contribution is 2.10. The monoisotopic (exact) mass is 279 g/mol. The first-order valence-corrected chi connectivity index (χ1v) is 7.41. The Hall–Kier alpha value is -0.900. The Kier molecular flexibility index (Phi) is 5.79. The molecule has 0 atom stereocenters. The first-order valence-electron chi connectivity index (χ1n) is 5.92. The average molecular weight is 279 g/mol. The number of hydrogen-bond donors (Lipinski definition) is 4. The van der Waals surface area contributed by atoms with E-state index in [1.165, 1.54) is 0 Å². The second kappa shape index (κ2) is 6.88. The van der Waals surface area contributed by atoms with Crippen molar-refractivity contribution in [1.29, 1.82) is 0 Å². The van der Waals surface area contributed by atoms with Crippen LogP contribution in [0.3, 0.4) is 0 Å². The molecule has 0 saturated carbocycles. The van der Waals surface area contributed by atoms with Crippen molar-refractivity contribution in [3.05, 3.63) is 0 Å². The summed E-state index contributed by atoms with van der Waals surface area (Å²) in [6.45, 7) is 3.95. The van der Waals surface area contributed by atoms with Gasteiger partial charge in [0.1, 0.15) is 0 Å². The van der Waals surface area contributed by atoms with E-state index in [1.54, 1.807) is 6.92 Å². The smallest absolute Gasteiger partial charge is 0.277 e. The molecule has 1 aliphatic rings. The first-order chi connectivity index (χ1) is 8.46. The molecule has 9 heteroatoms. The molecule has 0 aromatic heterocycles. The Morgan fingerprint density at radius 2 is 2.11 bits per heavy atom. The van der Waals surface area contributed by atoms with E-state index in [0.717, 1.165) is 13.1 Å². The number of nitrogens with two attached hydrogens (primary N) is 1. The van der Waals surface area contributed by atoms with Crippen LogP contribution in [0.5, 0.6) is 0 Å². The van der Waals surface area contributed by atoms with E-state index in [2.05, 4.69) is 14.6 Å². The molecule has 1 saturated heterocycles. The third-order valence-corrected chi connectivity index (χ3v) is 4.07. The molecule has 106 valence electrons. The molecule has 0 aliphatic carbocycles. The van der Waals surface area contributed by atoms with Gasteiger partial charge in [0, 0.05) is 25.7 Å². The van der Waals surface area contributed by atoms with Gasteiger partial charge in [0.05, 0.1) is 6.54 Å². The van der Waals surface area contributed by atoms with Gasteiger partial charge in [-0.1, -0.05) is 12.1 Å². The summed E-state index contributed by atoms with van der Waals surface area (Å²) in [4.78, 5) is 2.02. The highest BCUT2D eigenvalue weighted by Gasteiger charge is 2.23. The molecule has 5 N–H and O–H groups in total. The van der Waals surface area contributed by atoms with E-state index in [0.29, 0.717) is 25.9 Å². The Labute approximate surface area is 107 Å². The molecule has 1 rings (SSSR count). The summed E-state index contributed by atoms with van der Waals surface area (Å²) in [6, 6.07) is -0.0578. The molecule has 0 unspecified atom stereocenters. The van der Waals surface area contributed by atoms with Crippen LogP contribution in [-0.2, 0) is 10.2 Å². The molecule has 0 aromatic rings. The van der Waals surface area contributed by atoms with E-state index in [-0.39, 0.29) is 11.9 Å². The average Bonchev–Trinajstić information content (AvgIpc) is 2.31. The summed E-state index contributed by atoms with van der Waals surface area (Å²) >= 11 is 0. The molecule has 18 heavy (non-hydrogen) atoms. The van der Waals surface area contributed by atoms with Crippen molar-refractivity contribution in [2.75, 3.05) is 26.2 Å². The van der Waals surface area contributed by atoms with Gasteiger partial charge in [0.2, 0.25) is 0 Å². The quantitative estimate of drug-likeness (QED) is 0.207. The third-order valence-electron chi connectivity index (χ3n) is 2.76. The minimum atomic E-state index is -3.38. The number of oxime groups is 1.